The highest BCUT2D eigenvalue weighted by atomic mass is 35.5. The molecule has 1 heterocycles. The van der Waals surface area contributed by atoms with Crippen molar-refractivity contribution in [3.05, 3.63) is 24.3 Å². The molecule has 1 saturated carbocycles. The number of likely N-dealkylation sites (tertiary alicyclic amines) is 1. The zero-order valence-electron chi connectivity index (χ0n) is 14.9. The average Bonchev–Trinajstić information content (AvgIpc) is 3.44. The van der Waals surface area contributed by atoms with E-state index in [-0.39, 0.29) is 24.9 Å². The Hall–Kier alpha value is -1.46. The van der Waals surface area contributed by atoms with Gasteiger partial charge in [0.15, 0.2) is 18.1 Å². The van der Waals surface area contributed by atoms with Gasteiger partial charge in [-0.15, -0.1) is 12.4 Å². The third kappa shape index (κ3) is 6.08. The minimum atomic E-state index is 0. The fraction of sp³-hybridized carbons (Fsp3) is 0.632. The summed E-state index contributed by atoms with van der Waals surface area (Å²) in [5.74, 6) is 2.29. The maximum atomic E-state index is 12.4. The third-order valence-corrected chi connectivity index (χ3v) is 4.74. The van der Waals surface area contributed by atoms with E-state index in [2.05, 4.69) is 5.32 Å². The number of halogens is 1. The molecule has 0 unspecified atom stereocenters. The van der Waals surface area contributed by atoms with E-state index in [4.69, 9.17) is 9.47 Å². The normalized spacial score (nSPS) is 17.7. The first-order valence-corrected chi connectivity index (χ1v) is 9.12. The van der Waals surface area contributed by atoms with Gasteiger partial charge in [-0.05, 0) is 57.2 Å². The van der Waals surface area contributed by atoms with Crippen LogP contribution in [0.15, 0.2) is 24.3 Å². The second-order valence-electron chi connectivity index (χ2n) is 6.68. The van der Waals surface area contributed by atoms with Crippen LogP contribution in [0.1, 0.15) is 32.6 Å². The molecule has 5 nitrogen and oxygen atoms in total. The summed E-state index contributed by atoms with van der Waals surface area (Å²) < 4.78 is 11.2. The van der Waals surface area contributed by atoms with Gasteiger partial charge >= 0.3 is 0 Å². The predicted octanol–water partition coefficient (Wildman–Crippen LogP) is 2.88. The first-order valence-electron chi connectivity index (χ1n) is 9.12. The van der Waals surface area contributed by atoms with Crippen LogP contribution in [0, 0.1) is 5.92 Å². The molecule has 1 aromatic carbocycles. The van der Waals surface area contributed by atoms with E-state index < -0.39 is 0 Å². The van der Waals surface area contributed by atoms with E-state index in [1.807, 2.05) is 36.1 Å². The van der Waals surface area contributed by atoms with Crippen LogP contribution in [-0.2, 0) is 4.79 Å². The second kappa shape index (κ2) is 9.88. The van der Waals surface area contributed by atoms with E-state index in [1.54, 1.807) is 0 Å². The summed E-state index contributed by atoms with van der Waals surface area (Å²) in [6.07, 6.45) is 4.83. The Bertz CT molecular complexity index is 543. The number of carbonyl (C=O) groups excluding carboxylic acids is 1. The van der Waals surface area contributed by atoms with Crippen molar-refractivity contribution < 1.29 is 14.3 Å². The minimum absolute atomic E-state index is 0. The highest BCUT2D eigenvalue weighted by molar-refractivity contribution is 5.85. The zero-order chi connectivity index (χ0) is 16.8. The van der Waals surface area contributed by atoms with Crippen molar-refractivity contribution in [1.82, 2.24) is 10.2 Å². The van der Waals surface area contributed by atoms with Crippen LogP contribution in [0.5, 0.6) is 11.5 Å². The molecule has 0 atom stereocenters. The summed E-state index contributed by atoms with van der Waals surface area (Å²) in [5, 5.41) is 3.64. The van der Waals surface area contributed by atoms with Crippen molar-refractivity contribution in [2.24, 2.45) is 5.92 Å². The molecular formula is C19H29ClN2O3. The number of para-hydroxylation sites is 2. The number of benzene rings is 1. The van der Waals surface area contributed by atoms with Gasteiger partial charge in [-0.2, -0.15) is 0 Å². The molecule has 1 amide bonds. The van der Waals surface area contributed by atoms with Gasteiger partial charge in [-0.1, -0.05) is 12.1 Å². The predicted molar refractivity (Wildman–Crippen MR) is 101 cm³/mol. The number of rotatable bonds is 8. The van der Waals surface area contributed by atoms with Crippen molar-refractivity contribution >= 4 is 18.3 Å². The molecule has 1 aromatic rings. The number of piperidine rings is 1. The van der Waals surface area contributed by atoms with Gasteiger partial charge in [0.1, 0.15) is 0 Å². The topological polar surface area (TPSA) is 50.8 Å². The number of ether oxygens (including phenoxy) is 2. The molecule has 1 aliphatic carbocycles. The Morgan fingerprint density at radius 1 is 1.12 bits per heavy atom. The van der Waals surface area contributed by atoms with Crippen LogP contribution in [0.2, 0.25) is 0 Å². The van der Waals surface area contributed by atoms with Crippen LogP contribution in [-0.4, -0.2) is 49.7 Å². The fourth-order valence-corrected chi connectivity index (χ4v) is 3.06. The number of carbonyl (C=O) groups is 1. The maximum Gasteiger partial charge on any atom is 0.260 e. The van der Waals surface area contributed by atoms with Crippen LogP contribution in [0.3, 0.4) is 0 Å². The van der Waals surface area contributed by atoms with E-state index in [0.717, 1.165) is 38.4 Å². The van der Waals surface area contributed by atoms with Crippen molar-refractivity contribution in [2.45, 2.75) is 38.6 Å². The summed E-state index contributed by atoms with van der Waals surface area (Å²) in [5.41, 5.74) is 0. The van der Waals surface area contributed by atoms with E-state index in [9.17, 15) is 4.79 Å². The highest BCUT2D eigenvalue weighted by Crippen LogP contribution is 2.28. The monoisotopic (exact) mass is 368 g/mol. The average molecular weight is 369 g/mol. The number of hydrogen-bond acceptors (Lipinski definition) is 4. The first kappa shape index (κ1) is 19.9. The van der Waals surface area contributed by atoms with Gasteiger partial charge in [-0.3, -0.25) is 4.79 Å². The summed E-state index contributed by atoms with van der Waals surface area (Å²) in [6, 6.07) is 8.06. The van der Waals surface area contributed by atoms with Crippen molar-refractivity contribution in [3.63, 3.8) is 0 Å². The second-order valence-corrected chi connectivity index (χ2v) is 6.68. The lowest BCUT2D eigenvalue weighted by Gasteiger charge is -2.32. The van der Waals surface area contributed by atoms with Gasteiger partial charge in [-0.25, -0.2) is 0 Å². The Kier molecular flexibility index (Phi) is 7.85. The van der Waals surface area contributed by atoms with Crippen molar-refractivity contribution in [2.75, 3.05) is 32.8 Å². The fourth-order valence-electron chi connectivity index (χ4n) is 3.06. The van der Waals surface area contributed by atoms with Crippen LogP contribution < -0.4 is 14.8 Å². The highest BCUT2D eigenvalue weighted by Gasteiger charge is 2.26. The number of nitrogens with zero attached hydrogens (tertiary/aromatic N) is 1. The Morgan fingerprint density at radius 2 is 1.76 bits per heavy atom. The summed E-state index contributed by atoms with van der Waals surface area (Å²) in [6.45, 7) is 5.37. The lowest BCUT2D eigenvalue weighted by atomic mass is 10.0. The molecule has 0 aromatic heterocycles. The van der Waals surface area contributed by atoms with E-state index in [0.29, 0.717) is 24.1 Å². The first-order chi connectivity index (χ1) is 11.8. The van der Waals surface area contributed by atoms with E-state index >= 15 is 0 Å². The lowest BCUT2D eigenvalue weighted by Crippen LogP contribution is -2.46. The van der Waals surface area contributed by atoms with Gasteiger partial charge in [0.05, 0.1) is 6.61 Å². The van der Waals surface area contributed by atoms with Gasteiger partial charge in [0, 0.05) is 19.1 Å². The molecule has 2 fully saturated rings. The third-order valence-electron chi connectivity index (χ3n) is 4.74. The molecule has 1 saturated heterocycles. The molecular weight excluding hydrogens is 340 g/mol. The molecule has 1 aliphatic heterocycles. The molecule has 2 aliphatic rings. The Labute approximate surface area is 156 Å². The molecule has 3 rings (SSSR count). The summed E-state index contributed by atoms with van der Waals surface area (Å²) in [7, 11) is 0. The van der Waals surface area contributed by atoms with Crippen LogP contribution in [0.25, 0.3) is 0 Å². The van der Waals surface area contributed by atoms with Crippen molar-refractivity contribution in [3.8, 4) is 11.5 Å². The molecule has 140 valence electrons. The quantitative estimate of drug-likeness (QED) is 0.766. The number of hydrogen-bond donors (Lipinski definition) is 1. The van der Waals surface area contributed by atoms with Gasteiger partial charge in [0.2, 0.25) is 0 Å². The summed E-state index contributed by atoms with van der Waals surface area (Å²) >= 11 is 0. The number of nitrogens with one attached hydrogen (secondary N) is 1. The SMILES string of the molecule is CCOc1ccccc1OCC(=O)N1CCC(NCC2CC2)CC1.Cl. The maximum absolute atomic E-state index is 12.4. The Balaban J connectivity index is 0.00000225. The largest absolute Gasteiger partial charge is 0.490 e. The molecule has 1 N–H and O–H groups in total. The van der Waals surface area contributed by atoms with Gasteiger partial charge < -0.3 is 19.7 Å². The lowest BCUT2D eigenvalue weighted by molar-refractivity contribution is -0.134. The van der Waals surface area contributed by atoms with Crippen LogP contribution >= 0.6 is 12.4 Å². The van der Waals surface area contributed by atoms with Crippen LogP contribution in [0.4, 0.5) is 0 Å². The van der Waals surface area contributed by atoms with E-state index in [1.165, 1.54) is 12.8 Å². The standard InChI is InChI=1S/C19H28N2O3.ClH/c1-2-23-17-5-3-4-6-18(17)24-14-19(22)21-11-9-16(10-12-21)20-13-15-7-8-15;/h3-6,15-16,20H,2,7-14H2,1H3;1H. The molecule has 0 radical (unpaired) electrons. The molecule has 0 spiro atoms. The summed E-state index contributed by atoms with van der Waals surface area (Å²) in [4.78, 5) is 14.3. The van der Waals surface area contributed by atoms with Crippen molar-refractivity contribution in [1.29, 1.82) is 0 Å². The molecule has 25 heavy (non-hydrogen) atoms. The number of amides is 1. The molecule has 0 bridgehead atoms. The zero-order valence-corrected chi connectivity index (χ0v) is 15.7. The minimum Gasteiger partial charge on any atom is -0.490 e. The van der Waals surface area contributed by atoms with Gasteiger partial charge in [0.25, 0.3) is 5.91 Å². The molecule has 6 heteroatoms. The Morgan fingerprint density at radius 3 is 2.36 bits per heavy atom. The smallest absolute Gasteiger partial charge is 0.260 e.